The van der Waals surface area contributed by atoms with E-state index >= 15 is 0 Å². The van der Waals surface area contributed by atoms with E-state index in [1.54, 1.807) is 31.2 Å². The lowest BCUT2D eigenvalue weighted by atomic mass is 9.95. The number of nitrogens with one attached hydrogen (secondary N) is 1. The number of hydrogen-bond donors (Lipinski definition) is 1. The Morgan fingerprint density at radius 2 is 1.82 bits per heavy atom. The fourth-order valence-corrected chi connectivity index (χ4v) is 6.13. The maximum atomic E-state index is 13.0. The second-order valence-electron chi connectivity index (χ2n) is 9.53. The van der Waals surface area contributed by atoms with Crippen LogP contribution in [0.4, 0.5) is 5.00 Å². The van der Waals surface area contributed by atoms with Gasteiger partial charge >= 0.3 is 5.97 Å². The van der Waals surface area contributed by atoms with Gasteiger partial charge in [-0.05, 0) is 87.4 Å². The average Bonchev–Trinajstić information content (AvgIpc) is 3.30. The molecule has 0 atom stereocenters. The Labute approximate surface area is 239 Å². The van der Waals surface area contributed by atoms with Crippen molar-refractivity contribution >= 4 is 50.8 Å². The third-order valence-electron chi connectivity index (χ3n) is 6.63. The first kappa shape index (κ1) is 27.7. The molecule has 0 fully saturated rings. The summed E-state index contributed by atoms with van der Waals surface area (Å²) in [4.78, 5) is 39.5. The van der Waals surface area contributed by atoms with Gasteiger partial charge in [0.2, 0.25) is 11.2 Å². The van der Waals surface area contributed by atoms with Gasteiger partial charge in [0.15, 0.2) is 6.61 Å². The molecule has 0 aliphatic heterocycles. The minimum Gasteiger partial charge on any atom is -0.484 e. The minimum absolute atomic E-state index is 0.0396. The molecule has 8 nitrogen and oxygen atoms in total. The Balaban J connectivity index is 1.28. The molecule has 0 radical (unpaired) electrons. The number of carbonyl (C=O) groups is 2. The molecule has 5 rings (SSSR count). The highest BCUT2D eigenvalue weighted by Crippen LogP contribution is 2.38. The van der Waals surface area contributed by atoms with Gasteiger partial charge in [0.1, 0.15) is 28.3 Å². The summed E-state index contributed by atoms with van der Waals surface area (Å²) >= 11 is 7.64. The number of rotatable bonds is 8. The molecule has 0 bridgehead atoms. The predicted molar refractivity (Wildman–Crippen MR) is 155 cm³/mol. The van der Waals surface area contributed by atoms with Gasteiger partial charge in [-0.2, -0.15) is 0 Å². The Morgan fingerprint density at radius 1 is 1.07 bits per heavy atom. The highest BCUT2D eigenvalue weighted by molar-refractivity contribution is 7.17. The summed E-state index contributed by atoms with van der Waals surface area (Å²) in [5, 5.41) is 4.26. The van der Waals surface area contributed by atoms with Crippen LogP contribution in [0.5, 0.6) is 17.2 Å². The van der Waals surface area contributed by atoms with E-state index in [1.807, 2.05) is 13.8 Å². The van der Waals surface area contributed by atoms with Crippen LogP contribution in [-0.4, -0.2) is 25.1 Å². The van der Waals surface area contributed by atoms with E-state index in [9.17, 15) is 14.4 Å². The zero-order valence-electron chi connectivity index (χ0n) is 22.4. The highest BCUT2D eigenvalue weighted by Gasteiger charge is 2.27. The molecular formula is C30H28ClNO7S. The van der Waals surface area contributed by atoms with Gasteiger partial charge in [-0.15, -0.1) is 11.3 Å². The number of amides is 1. The molecule has 0 saturated heterocycles. The van der Waals surface area contributed by atoms with Crippen LogP contribution in [0.25, 0.3) is 11.0 Å². The van der Waals surface area contributed by atoms with Crippen LogP contribution in [0.15, 0.2) is 45.8 Å². The third kappa shape index (κ3) is 5.71. The normalized spacial score (nSPS) is 12.6. The summed E-state index contributed by atoms with van der Waals surface area (Å²) in [6, 6.07) is 8.19. The quantitative estimate of drug-likeness (QED) is 0.224. The summed E-state index contributed by atoms with van der Waals surface area (Å²) in [6.45, 7) is 5.44. The van der Waals surface area contributed by atoms with Gasteiger partial charge in [0, 0.05) is 16.0 Å². The number of anilines is 1. The molecule has 40 heavy (non-hydrogen) atoms. The summed E-state index contributed by atoms with van der Waals surface area (Å²) < 4.78 is 22.4. The summed E-state index contributed by atoms with van der Waals surface area (Å²) in [5.41, 5.74) is 3.04. The Morgan fingerprint density at radius 3 is 2.58 bits per heavy atom. The Bertz CT molecular complexity index is 1650. The van der Waals surface area contributed by atoms with Crippen molar-refractivity contribution < 1.29 is 28.2 Å². The fourth-order valence-electron chi connectivity index (χ4n) is 4.73. The van der Waals surface area contributed by atoms with Gasteiger partial charge in [-0.3, -0.25) is 9.59 Å². The number of halogens is 1. The molecule has 10 heteroatoms. The van der Waals surface area contributed by atoms with Crippen molar-refractivity contribution in [3.05, 3.63) is 79.0 Å². The maximum absolute atomic E-state index is 13.0. The minimum atomic E-state index is -0.424. The number of ether oxygens (including phenoxy) is 3. The topological polar surface area (TPSA) is 104 Å². The molecule has 0 saturated carbocycles. The van der Waals surface area contributed by atoms with E-state index in [2.05, 4.69) is 5.32 Å². The van der Waals surface area contributed by atoms with Gasteiger partial charge in [0.05, 0.1) is 17.6 Å². The first-order valence-electron chi connectivity index (χ1n) is 13.0. The summed E-state index contributed by atoms with van der Waals surface area (Å²) in [6.07, 6.45) is 4.97. The summed E-state index contributed by atoms with van der Waals surface area (Å²) in [5.74, 6) is 0.0299. The van der Waals surface area contributed by atoms with Gasteiger partial charge in [0.25, 0.3) is 5.91 Å². The average molecular weight is 582 g/mol. The number of carbonyl (C=O) groups excluding carboxylic acids is 2. The van der Waals surface area contributed by atoms with Crippen LogP contribution < -0.4 is 20.2 Å². The molecule has 1 aliphatic carbocycles. The Kier molecular flexibility index (Phi) is 8.14. The number of hydrogen-bond acceptors (Lipinski definition) is 8. The lowest BCUT2D eigenvalue weighted by molar-refractivity contribution is -0.118. The van der Waals surface area contributed by atoms with Crippen LogP contribution in [-0.2, 0) is 22.4 Å². The Hall–Kier alpha value is -3.82. The van der Waals surface area contributed by atoms with Crippen molar-refractivity contribution in [2.24, 2.45) is 0 Å². The molecule has 0 spiro atoms. The molecule has 208 valence electrons. The standard InChI is InChI=1S/C30H28ClNO7S/c1-4-36-30(35)26-21-7-5-6-8-24(21)40-29(26)32-25(33)15-37-18-9-10-20-22(13-18)38-14-23(28(20)34)39-19-11-16(2)27(31)17(3)12-19/h9-14H,4-8,15H2,1-3H3,(H,32,33). The van der Waals surface area contributed by atoms with E-state index in [-0.39, 0.29) is 30.0 Å². The van der Waals surface area contributed by atoms with Crippen LogP contribution in [0, 0.1) is 13.8 Å². The molecule has 2 aromatic carbocycles. The first-order chi connectivity index (χ1) is 19.2. The molecule has 1 amide bonds. The van der Waals surface area contributed by atoms with Crippen LogP contribution in [0.1, 0.15) is 51.7 Å². The molecule has 1 aliphatic rings. The van der Waals surface area contributed by atoms with Crippen molar-refractivity contribution in [1.82, 2.24) is 0 Å². The fraction of sp³-hybridized carbons (Fsp3) is 0.300. The van der Waals surface area contributed by atoms with Crippen molar-refractivity contribution in [2.45, 2.75) is 46.5 Å². The van der Waals surface area contributed by atoms with Crippen LogP contribution in [0.2, 0.25) is 5.02 Å². The lowest BCUT2D eigenvalue weighted by Gasteiger charge is -2.12. The molecule has 0 unspecified atom stereocenters. The van der Waals surface area contributed by atoms with Crippen molar-refractivity contribution in [1.29, 1.82) is 0 Å². The van der Waals surface area contributed by atoms with Gasteiger partial charge in [-0.1, -0.05) is 11.6 Å². The molecule has 4 aromatic rings. The number of thiophene rings is 1. The largest absolute Gasteiger partial charge is 0.484 e. The predicted octanol–water partition coefficient (Wildman–Crippen LogP) is 6.99. The zero-order valence-corrected chi connectivity index (χ0v) is 23.9. The molecule has 2 heterocycles. The first-order valence-corrected chi connectivity index (χ1v) is 14.2. The van der Waals surface area contributed by atoms with Gasteiger partial charge in [-0.25, -0.2) is 4.79 Å². The lowest BCUT2D eigenvalue weighted by Crippen LogP contribution is -2.21. The molecular weight excluding hydrogens is 554 g/mol. The maximum Gasteiger partial charge on any atom is 0.341 e. The second kappa shape index (κ2) is 11.7. The van der Waals surface area contributed by atoms with E-state index < -0.39 is 11.9 Å². The second-order valence-corrected chi connectivity index (χ2v) is 11.0. The van der Waals surface area contributed by atoms with Crippen molar-refractivity contribution in [3.8, 4) is 17.2 Å². The smallest absolute Gasteiger partial charge is 0.341 e. The van der Waals surface area contributed by atoms with Crippen LogP contribution in [0.3, 0.4) is 0 Å². The van der Waals surface area contributed by atoms with E-state index in [4.69, 9.17) is 30.2 Å². The number of benzene rings is 2. The van der Waals surface area contributed by atoms with E-state index in [0.717, 1.165) is 47.3 Å². The highest BCUT2D eigenvalue weighted by atomic mass is 35.5. The molecule has 2 aromatic heterocycles. The van der Waals surface area contributed by atoms with Crippen molar-refractivity contribution in [2.75, 3.05) is 18.5 Å². The van der Waals surface area contributed by atoms with E-state index in [0.29, 0.717) is 32.5 Å². The number of aryl methyl sites for hydroxylation is 3. The zero-order chi connectivity index (χ0) is 28.4. The number of esters is 1. The SMILES string of the molecule is CCOC(=O)c1c(NC(=O)COc2ccc3c(=O)c(Oc4cc(C)c(Cl)c(C)c4)coc3c2)sc2c1CCCC2. The van der Waals surface area contributed by atoms with E-state index in [1.165, 1.54) is 23.7 Å². The van der Waals surface area contributed by atoms with Gasteiger partial charge < -0.3 is 23.9 Å². The molecule has 1 N–H and O–H groups in total. The van der Waals surface area contributed by atoms with Crippen LogP contribution >= 0.6 is 22.9 Å². The monoisotopic (exact) mass is 581 g/mol. The third-order valence-corrected chi connectivity index (χ3v) is 8.43. The number of fused-ring (bicyclic) bond motifs is 2. The summed E-state index contributed by atoms with van der Waals surface area (Å²) in [7, 11) is 0. The van der Waals surface area contributed by atoms with Crippen molar-refractivity contribution in [3.63, 3.8) is 0 Å².